The lowest BCUT2D eigenvalue weighted by molar-refractivity contribution is -0.0385. The fourth-order valence-electron chi connectivity index (χ4n) is 1.12. The molecule has 0 spiro atoms. The molecular formula is C8H11F3OS. The Bertz CT molecular complexity index is 200. The number of allylic oxidation sites excluding steroid dienone is 2. The molecule has 0 saturated heterocycles. The molecule has 0 bridgehead atoms. The number of halogens is 3. The first-order valence-corrected chi connectivity index (χ1v) is 4.83. The van der Waals surface area contributed by atoms with Crippen molar-refractivity contribution in [2.75, 3.05) is 0 Å². The average Bonchev–Trinajstić information content (AvgIpc) is 2.02. The van der Waals surface area contributed by atoms with E-state index in [0.29, 0.717) is 18.1 Å². The first-order valence-electron chi connectivity index (χ1n) is 4.09. The van der Waals surface area contributed by atoms with Crippen molar-refractivity contribution in [2.24, 2.45) is 5.92 Å². The normalized spacial score (nSPS) is 24.0. The Kier molecular flexibility index (Phi) is 3.53. The van der Waals surface area contributed by atoms with E-state index < -0.39 is 17.6 Å². The van der Waals surface area contributed by atoms with Gasteiger partial charge in [0.2, 0.25) is 0 Å². The quantitative estimate of drug-likeness (QED) is 0.642. The summed E-state index contributed by atoms with van der Waals surface area (Å²) in [5.74, 6) is 1.02. The van der Waals surface area contributed by atoms with Crippen LogP contribution in [0.5, 0.6) is 0 Å². The van der Waals surface area contributed by atoms with Crippen LogP contribution in [0.2, 0.25) is 0 Å². The highest BCUT2D eigenvalue weighted by atomic mass is 32.2. The lowest BCUT2D eigenvalue weighted by atomic mass is 9.95. The Morgan fingerprint density at radius 1 is 1.54 bits per heavy atom. The summed E-state index contributed by atoms with van der Waals surface area (Å²) in [6.45, 7) is 2.07. The lowest BCUT2D eigenvalue weighted by Gasteiger charge is -2.17. The van der Waals surface area contributed by atoms with E-state index in [1.807, 2.05) is 0 Å². The highest BCUT2D eigenvalue weighted by Gasteiger charge is 2.32. The van der Waals surface area contributed by atoms with Gasteiger partial charge in [0.25, 0.3) is 0 Å². The zero-order valence-electron chi connectivity index (χ0n) is 7.23. The van der Waals surface area contributed by atoms with E-state index in [9.17, 15) is 13.2 Å². The van der Waals surface area contributed by atoms with Crippen LogP contribution in [0.15, 0.2) is 11.8 Å². The summed E-state index contributed by atoms with van der Waals surface area (Å²) in [4.78, 5) is 0. The summed E-state index contributed by atoms with van der Waals surface area (Å²) in [5, 5.41) is 0. The standard InChI is InChI=1S/C8H11F3OS/c1-6-2-4-7(5-3-6)12-13-8(9,10)11/h4,6H,2-3,5H2,1H3. The van der Waals surface area contributed by atoms with Crippen LogP contribution in [-0.4, -0.2) is 5.51 Å². The molecule has 0 saturated carbocycles. The molecule has 0 heterocycles. The third-order valence-corrected chi connectivity index (χ3v) is 2.36. The fourth-order valence-corrected chi connectivity index (χ4v) is 1.47. The minimum Gasteiger partial charge on any atom is -0.422 e. The van der Waals surface area contributed by atoms with Crippen LogP contribution in [0.4, 0.5) is 13.2 Å². The molecule has 1 aliphatic rings. The molecule has 0 aromatic carbocycles. The summed E-state index contributed by atoms with van der Waals surface area (Å²) < 4.78 is 39.6. The van der Waals surface area contributed by atoms with Crippen LogP contribution in [0, 0.1) is 5.92 Å². The molecule has 0 amide bonds. The molecular weight excluding hydrogens is 201 g/mol. The molecule has 0 aromatic rings. The number of hydrogen-bond acceptors (Lipinski definition) is 2. The Morgan fingerprint density at radius 3 is 2.69 bits per heavy atom. The molecule has 13 heavy (non-hydrogen) atoms. The Labute approximate surface area is 79.5 Å². The zero-order valence-corrected chi connectivity index (χ0v) is 8.04. The minimum absolute atomic E-state index is 0.427. The number of alkyl halides is 3. The Hall–Kier alpha value is -0.320. The summed E-state index contributed by atoms with van der Waals surface area (Å²) >= 11 is -0.427. The van der Waals surface area contributed by atoms with Crippen molar-refractivity contribution >= 4 is 12.0 Å². The van der Waals surface area contributed by atoms with E-state index in [-0.39, 0.29) is 0 Å². The van der Waals surface area contributed by atoms with Gasteiger partial charge in [-0.1, -0.05) is 6.92 Å². The highest BCUT2D eigenvalue weighted by molar-refractivity contribution is 7.95. The van der Waals surface area contributed by atoms with Gasteiger partial charge in [-0.3, -0.25) is 0 Å². The summed E-state index contributed by atoms with van der Waals surface area (Å²) in [7, 11) is 0. The highest BCUT2D eigenvalue weighted by Crippen LogP contribution is 2.35. The smallest absolute Gasteiger partial charge is 0.422 e. The second kappa shape index (κ2) is 4.26. The van der Waals surface area contributed by atoms with Crippen molar-refractivity contribution in [1.82, 2.24) is 0 Å². The van der Waals surface area contributed by atoms with Crippen molar-refractivity contribution in [3.63, 3.8) is 0 Å². The van der Waals surface area contributed by atoms with E-state index in [1.54, 1.807) is 6.08 Å². The molecule has 0 N–H and O–H groups in total. The van der Waals surface area contributed by atoms with Crippen molar-refractivity contribution < 1.29 is 17.4 Å². The van der Waals surface area contributed by atoms with Gasteiger partial charge in [0.05, 0.1) is 0 Å². The van der Waals surface area contributed by atoms with E-state index in [2.05, 4.69) is 11.1 Å². The van der Waals surface area contributed by atoms with E-state index >= 15 is 0 Å². The summed E-state index contributed by atoms with van der Waals surface area (Å²) in [5.41, 5.74) is -4.30. The second-order valence-electron chi connectivity index (χ2n) is 3.16. The molecule has 0 radical (unpaired) electrons. The third-order valence-electron chi connectivity index (χ3n) is 1.87. The Balaban J connectivity index is 2.30. The van der Waals surface area contributed by atoms with Crippen molar-refractivity contribution in [3.05, 3.63) is 11.8 Å². The summed E-state index contributed by atoms with van der Waals surface area (Å²) in [6, 6.07) is 0. The first-order chi connectivity index (χ1) is 5.97. The third kappa shape index (κ3) is 4.45. The lowest BCUT2D eigenvalue weighted by Crippen LogP contribution is -2.05. The molecule has 1 atom stereocenters. The molecule has 0 aromatic heterocycles. The van der Waals surface area contributed by atoms with E-state index in [0.717, 1.165) is 12.8 Å². The van der Waals surface area contributed by atoms with Gasteiger partial charge < -0.3 is 4.18 Å². The van der Waals surface area contributed by atoms with Gasteiger partial charge in [-0.25, -0.2) is 0 Å². The predicted molar refractivity (Wildman–Crippen MR) is 45.8 cm³/mol. The van der Waals surface area contributed by atoms with Gasteiger partial charge in [-0.15, -0.1) is 0 Å². The molecule has 1 rings (SSSR count). The van der Waals surface area contributed by atoms with Gasteiger partial charge in [-0.2, -0.15) is 13.2 Å². The molecule has 1 aliphatic carbocycles. The maximum Gasteiger partial charge on any atom is 0.479 e. The first kappa shape index (κ1) is 10.8. The molecule has 76 valence electrons. The molecule has 0 fully saturated rings. The van der Waals surface area contributed by atoms with Crippen LogP contribution in [0.3, 0.4) is 0 Å². The van der Waals surface area contributed by atoms with Gasteiger partial charge in [0, 0.05) is 6.42 Å². The van der Waals surface area contributed by atoms with Gasteiger partial charge in [-0.05, 0) is 24.8 Å². The monoisotopic (exact) mass is 212 g/mol. The Morgan fingerprint density at radius 2 is 2.23 bits per heavy atom. The van der Waals surface area contributed by atoms with Crippen LogP contribution >= 0.6 is 12.0 Å². The largest absolute Gasteiger partial charge is 0.479 e. The maximum absolute atomic E-state index is 11.7. The van der Waals surface area contributed by atoms with Crippen molar-refractivity contribution in [1.29, 1.82) is 0 Å². The van der Waals surface area contributed by atoms with E-state index in [1.165, 1.54) is 0 Å². The van der Waals surface area contributed by atoms with Crippen LogP contribution in [0.25, 0.3) is 0 Å². The van der Waals surface area contributed by atoms with Crippen LogP contribution in [-0.2, 0) is 4.18 Å². The fraction of sp³-hybridized carbons (Fsp3) is 0.750. The number of hydrogen-bond donors (Lipinski definition) is 0. The number of rotatable bonds is 2. The van der Waals surface area contributed by atoms with Gasteiger partial charge >= 0.3 is 5.51 Å². The maximum atomic E-state index is 11.7. The molecule has 0 aliphatic heterocycles. The SMILES string of the molecule is CC1CC=C(OSC(F)(F)F)CC1. The molecule has 1 nitrogen and oxygen atoms in total. The van der Waals surface area contributed by atoms with Crippen LogP contribution < -0.4 is 0 Å². The van der Waals surface area contributed by atoms with E-state index in [4.69, 9.17) is 0 Å². The van der Waals surface area contributed by atoms with Gasteiger partial charge in [0.1, 0.15) is 5.76 Å². The zero-order chi connectivity index (χ0) is 9.90. The summed E-state index contributed by atoms with van der Waals surface area (Å²) in [6.07, 6.45) is 4.08. The van der Waals surface area contributed by atoms with Crippen molar-refractivity contribution in [3.8, 4) is 0 Å². The van der Waals surface area contributed by atoms with Gasteiger partial charge in [0.15, 0.2) is 12.0 Å². The van der Waals surface area contributed by atoms with Crippen LogP contribution in [0.1, 0.15) is 26.2 Å². The van der Waals surface area contributed by atoms with Crippen molar-refractivity contribution in [2.45, 2.75) is 31.7 Å². The molecule has 5 heteroatoms. The minimum atomic E-state index is -4.30. The molecule has 1 unspecified atom stereocenters. The predicted octanol–water partition coefficient (Wildman–Crippen LogP) is 3.87. The average molecular weight is 212 g/mol. The topological polar surface area (TPSA) is 9.23 Å². The second-order valence-corrected chi connectivity index (χ2v) is 3.96.